The molecule has 3 rings (SSSR count). The lowest BCUT2D eigenvalue weighted by Crippen LogP contribution is -2.37. The number of nitrogens with zero attached hydrogens (tertiary/aromatic N) is 1. The van der Waals surface area contributed by atoms with Crippen molar-refractivity contribution in [2.75, 3.05) is 27.3 Å². The second-order valence-electron chi connectivity index (χ2n) is 6.51. The van der Waals surface area contributed by atoms with Gasteiger partial charge in [0.1, 0.15) is 0 Å². The van der Waals surface area contributed by atoms with Gasteiger partial charge in [0.05, 0.1) is 20.1 Å². The number of rotatable bonds is 5. The third kappa shape index (κ3) is 2.81. The highest BCUT2D eigenvalue weighted by atomic mass is 16.5. The highest BCUT2D eigenvalue weighted by Crippen LogP contribution is 2.42. The zero-order chi connectivity index (χ0) is 17.3. The Morgan fingerprint density at radius 3 is 2.46 bits per heavy atom. The van der Waals surface area contributed by atoms with Crippen LogP contribution in [0.4, 0.5) is 0 Å². The number of carbonyl (C=O) groups excluding carboxylic acids is 1. The van der Waals surface area contributed by atoms with Gasteiger partial charge in [-0.25, -0.2) is 0 Å². The normalized spacial score (nSPS) is 23.7. The summed E-state index contributed by atoms with van der Waals surface area (Å²) in [5.74, 6) is -0.514. The fraction of sp³-hybridized carbons (Fsp3) is 0.556. The van der Waals surface area contributed by atoms with E-state index >= 15 is 0 Å². The molecule has 130 valence electrons. The van der Waals surface area contributed by atoms with Crippen molar-refractivity contribution >= 4 is 11.9 Å². The van der Waals surface area contributed by atoms with Crippen molar-refractivity contribution < 1.29 is 24.2 Å². The van der Waals surface area contributed by atoms with Gasteiger partial charge < -0.3 is 19.5 Å². The first kappa shape index (κ1) is 16.6. The molecule has 1 aromatic carbocycles. The van der Waals surface area contributed by atoms with Crippen LogP contribution in [0.25, 0.3) is 0 Å². The van der Waals surface area contributed by atoms with Crippen molar-refractivity contribution in [3.05, 3.63) is 23.8 Å². The first-order chi connectivity index (χ1) is 11.6. The molecule has 0 spiro atoms. The van der Waals surface area contributed by atoms with Crippen LogP contribution in [-0.4, -0.2) is 49.2 Å². The van der Waals surface area contributed by atoms with E-state index in [1.54, 1.807) is 25.2 Å². The molecule has 1 amide bonds. The molecule has 2 fully saturated rings. The van der Waals surface area contributed by atoms with Crippen LogP contribution in [0.3, 0.4) is 0 Å². The fourth-order valence-corrected chi connectivity index (χ4v) is 3.67. The summed E-state index contributed by atoms with van der Waals surface area (Å²) in [6.07, 6.45) is 2.92. The van der Waals surface area contributed by atoms with Gasteiger partial charge in [0.25, 0.3) is 0 Å². The third-order valence-electron chi connectivity index (χ3n) is 5.24. The molecule has 6 heteroatoms. The van der Waals surface area contributed by atoms with E-state index in [1.165, 1.54) is 0 Å². The van der Waals surface area contributed by atoms with E-state index in [2.05, 4.69) is 0 Å². The van der Waals surface area contributed by atoms with Gasteiger partial charge in [-0.05, 0) is 18.9 Å². The van der Waals surface area contributed by atoms with Gasteiger partial charge in [-0.1, -0.05) is 18.6 Å². The third-order valence-corrected chi connectivity index (χ3v) is 5.24. The van der Waals surface area contributed by atoms with E-state index in [0.29, 0.717) is 18.0 Å². The first-order valence-electron chi connectivity index (χ1n) is 8.29. The van der Waals surface area contributed by atoms with E-state index in [4.69, 9.17) is 9.47 Å². The zero-order valence-corrected chi connectivity index (χ0v) is 14.0. The van der Waals surface area contributed by atoms with Crippen LogP contribution in [0.5, 0.6) is 11.5 Å². The van der Waals surface area contributed by atoms with E-state index in [9.17, 15) is 14.7 Å². The van der Waals surface area contributed by atoms with Gasteiger partial charge in [-0.2, -0.15) is 0 Å². The van der Waals surface area contributed by atoms with Gasteiger partial charge in [-0.3, -0.25) is 9.59 Å². The molecule has 1 saturated heterocycles. The van der Waals surface area contributed by atoms with Gasteiger partial charge in [0, 0.05) is 30.5 Å². The van der Waals surface area contributed by atoms with Crippen molar-refractivity contribution in [2.45, 2.75) is 25.2 Å². The number of hydrogen-bond donors (Lipinski definition) is 1. The van der Waals surface area contributed by atoms with Crippen LogP contribution in [0.2, 0.25) is 0 Å². The molecule has 2 atom stereocenters. The standard InChI is InChI=1S/C18H23NO5/c1-23-15-8-4-7-12(16(15)24-2)13-9-19(10-14(13)18(21)22)17(20)11-5-3-6-11/h4,7-8,11,13-14H,3,5-6,9-10H2,1-2H3,(H,21,22)/t13-,14+/m0/s1. The molecule has 2 aliphatic rings. The first-order valence-corrected chi connectivity index (χ1v) is 8.29. The van der Waals surface area contributed by atoms with Gasteiger partial charge in [0.15, 0.2) is 11.5 Å². The number of hydrogen-bond acceptors (Lipinski definition) is 4. The number of methoxy groups -OCH3 is 2. The average Bonchev–Trinajstić information content (AvgIpc) is 2.97. The minimum atomic E-state index is -0.881. The van der Waals surface area contributed by atoms with E-state index in [0.717, 1.165) is 24.8 Å². The molecule has 1 heterocycles. The predicted octanol–water partition coefficient (Wildman–Crippen LogP) is 2.13. The number of amides is 1. The topological polar surface area (TPSA) is 76.1 Å². The Labute approximate surface area is 141 Å². The lowest BCUT2D eigenvalue weighted by Gasteiger charge is -2.29. The van der Waals surface area contributed by atoms with Crippen LogP contribution in [0, 0.1) is 11.8 Å². The summed E-state index contributed by atoms with van der Waals surface area (Å²) in [4.78, 5) is 26.0. The Hall–Kier alpha value is -2.24. The SMILES string of the molecule is COc1cccc([C@@H]2CN(C(=O)C3CCC3)C[C@H]2C(=O)O)c1OC. The van der Waals surface area contributed by atoms with Crippen molar-refractivity contribution in [1.82, 2.24) is 4.90 Å². The number of benzene rings is 1. The second kappa shape index (κ2) is 6.71. The molecule has 1 aliphatic heterocycles. The minimum Gasteiger partial charge on any atom is -0.493 e. The Bertz CT molecular complexity index is 640. The number of carboxylic acids is 1. The van der Waals surface area contributed by atoms with Crippen molar-refractivity contribution in [3.8, 4) is 11.5 Å². The molecular formula is C18H23NO5. The Morgan fingerprint density at radius 2 is 1.92 bits per heavy atom. The highest BCUT2D eigenvalue weighted by Gasteiger charge is 2.43. The van der Waals surface area contributed by atoms with Crippen LogP contribution >= 0.6 is 0 Å². The molecule has 6 nitrogen and oxygen atoms in total. The number of carboxylic acid groups (broad SMARTS) is 1. The van der Waals surface area contributed by atoms with Crippen LogP contribution in [0.1, 0.15) is 30.7 Å². The summed E-state index contributed by atoms with van der Waals surface area (Å²) in [6, 6.07) is 5.47. The summed E-state index contributed by atoms with van der Waals surface area (Å²) in [7, 11) is 3.10. The molecule has 1 N–H and O–H groups in total. The summed E-state index contributed by atoms with van der Waals surface area (Å²) in [5.41, 5.74) is 0.785. The minimum absolute atomic E-state index is 0.0744. The molecule has 1 aliphatic carbocycles. The van der Waals surface area contributed by atoms with Crippen LogP contribution in [-0.2, 0) is 9.59 Å². The van der Waals surface area contributed by atoms with Gasteiger partial charge >= 0.3 is 5.97 Å². The largest absolute Gasteiger partial charge is 0.493 e. The molecule has 24 heavy (non-hydrogen) atoms. The number of ether oxygens (including phenoxy) is 2. The number of para-hydroxylation sites is 1. The zero-order valence-electron chi connectivity index (χ0n) is 14.0. The highest BCUT2D eigenvalue weighted by molar-refractivity contribution is 5.82. The van der Waals surface area contributed by atoms with Crippen molar-refractivity contribution in [2.24, 2.45) is 11.8 Å². The average molecular weight is 333 g/mol. The quantitative estimate of drug-likeness (QED) is 0.893. The number of carbonyl (C=O) groups is 2. The summed E-state index contributed by atoms with van der Waals surface area (Å²) >= 11 is 0. The molecule has 1 aromatic rings. The van der Waals surface area contributed by atoms with E-state index in [1.807, 2.05) is 12.1 Å². The lowest BCUT2D eigenvalue weighted by molar-refractivity contribution is -0.142. The van der Waals surface area contributed by atoms with Gasteiger partial charge in [-0.15, -0.1) is 0 Å². The Kier molecular flexibility index (Phi) is 4.64. The maximum atomic E-state index is 12.5. The summed E-state index contributed by atoms with van der Waals surface area (Å²) < 4.78 is 10.8. The lowest BCUT2D eigenvalue weighted by atomic mass is 9.84. The molecule has 1 saturated carbocycles. The van der Waals surface area contributed by atoms with Crippen molar-refractivity contribution in [3.63, 3.8) is 0 Å². The number of aliphatic carboxylic acids is 1. The summed E-state index contributed by atoms with van der Waals surface area (Å²) in [6.45, 7) is 0.672. The number of likely N-dealkylation sites (tertiary alicyclic amines) is 1. The molecule has 0 unspecified atom stereocenters. The maximum absolute atomic E-state index is 12.5. The monoisotopic (exact) mass is 333 g/mol. The molecule has 0 aromatic heterocycles. The van der Waals surface area contributed by atoms with E-state index in [-0.39, 0.29) is 24.3 Å². The maximum Gasteiger partial charge on any atom is 0.308 e. The summed E-state index contributed by atoms with van der Waals surface area (Å²) in [5, 5.41) is 9.63. The Balaban J connectivity index is 1.90. The second-order valence-corrected chi connectivity index (χ2v) is 6.51. The predicted molar refractivity (Wildman–Crippen MR) is 87.3 cm³/mol. The molecule has 0 bridgehead atoms. The van der Waals surface area contributed by atoms with Crippen LogP contribution in [0.15, 0.2) is 18.2 Å². The fourth-order valence-electron chi connectivity index (χ4n) is 3.67. The van der Waals surface area contributed by atoms with Gasteiger partial charge in [0.2, 0.25) is 5.91 Å². The van der Waals surface area contributed by atoms with E-state index < -0.39 is 11.9 Å². The molecular weight excluding hydrogens is 310 g/mol. The Morgan fingerprint density at radius 1 is 1.17 bits per heavy atom. The smallest absolute Gasteiger partial charge is 0.308 e. The van der Waals surface area contributed by atoms with Crippen molar-refractivity contribution in [1.29, 1.82) is 0 Å². The molecule has 0 radical (unpaired) electrons. The van der Waals surface area contributed by atoms with Crippen LogP contribution < -0.4 is 9.47 Å².